The fourth-order valence-electron chi connectivity index (χ4n) is 2.62. The SMILES string of the molecule is Cc1cc(NC(=O)c2ccc(F)c(F)c2)n(C2NC(=O)CC(C)N2)n1. The molecule has 2 aromatic rings. The molecule has 1 saturated heterocycles. The average Bonchev–Trinajstić information content (AvgIpc) is 2.89. The summed E-state index contributed by atoms with van der Waals surface area (Å²) in [7, 11) is 0. The number of aromatic nitrogens is 2. The molecule has 25 heavy (non-hydrogen) atoms. The van der Waals surface area contributed by atoms with Gasteiger partial charge in [0.05, 0.1) is 5.69 Å². The Morgan fingerprint density at radius 3 is 2.76 bits per heavy atom. The number of hydrogen-bond donors (Lipinski definition) is 3. The van der Waals surface area contributed by atoms with Gasteiger partial charge >= 0.3 is 0 Å². The summed E-state index contributed by atoms with van der Waals surface area (Å²) in [5.74, 6) is -2.57. The maximum atomic E-state index is 13.3. The van der Waals surface area contributed by atoms with Crippen molar-refractivity contribution in [2.24, 2.45) is 0 Å². The number of nitrogens with zero attached hydrogens (tertiary/aromatic N) is 2. The van der Waals surface area contributed by atoms with Crippen LogP contribution in [0.15, 0.2) is 24.3 Å². The zero-order chi connectivity index (χ0) is 18.1. The van der Waals surface area contributed by atoms with Gasteiger partial charge in [-0.2, -0.15) is 5.10 Å². The van der Waals surface area contributed by atoms with Crippen molar-refractivity contribution in [3.8, 4) is 0 Å². The Bertz CT molecular complexity index is 836. The van der Waals surface area contributed by atoms with Gasteiger partial charge in [-0.1, -0.05) is 0 Å². The highest BCUT2D eigenvalue weighted by Gasteiger charge is 2.26. The van der Waals surface area contributed by atoms with E-state index in [1.807, 2.05) is 6.92 Å². The van der Waals surface area contributed by atoms with E-state index in [-0.39, 0.29) is 17.5 Å². The third-order valence-corrected chi connectivity index (χ3v) is 3.76. The lowest BCUT2D eigenvalue weighted by Crippen LogP contribution is -2.52. The second-order valence-electron chi connectivity index (χ2n) is 5.94. The molecule has 132 valence electrons. The summed E-state index contributed by atoms with van der Waals surface area (Å²) in [6.07, 6.45) is -0.280. The van der Waals surface area contributed by atoms with E-state index in [0.29, 0.717) is 17.9 Å². The Labute approximate surface area is 142 Å². The van der Waals surface area contributed by atoms with Crippen molar-refractivity contribution in [1.29, 1.82) is 0 Å². The van der Waals surface area contributed by atoms with Crippen LogP contribution >= 0.6 is 0 Å². The van der Waals surface area contributed by atoms with E-state index in [1.165, 1.54) is 10.7 Å². The topological polar surface area (TPSA) is 88.0 Å². The van der Waals surface area contributed by atoms with Crippen molar-refractivity contribution in [3.63, 3.8) is 0 Å². The average molecular weight is 349 g/mol. The lowest BCUT2D eigenvalue weighted by molar-refractivity contribution is -0.125. The molecule has 0 saturated carbocycles. The summed E-state index contributed by atoms with van der Waals surface area (Å²) in [4.78, 5) is 24.0. The largest absolute Gasteiger partial charge is 0.322 e. The van der Waals surface area contributed by atoms with Crippen LogP contribution in [-0.4, -0.2) is 27.6 Å². The van der Waals surface area contributed by atoms with E-state index in [2.05, 4.69) is 21.0 Å². The number of anilines is 1. The van der Waals surface area contributed by atoms with Gasteiger partial charge in [0.15, 0.2) is 17.9 Å². The maximum Gasteiger partial charge on any atom is 0.256 e. The van der Waals surface area contributed by atoms with Crippen LogP contribution in [0, 0.1) is 18.6 Å². The van der Waals surface area contributed by atoms with Gasteiger partial charge in [0.1, 0.15) is 5.82 Å². The highest BCUT2D eigenvalue weighted by atomic mass is 19.2. The highest BCUT2D eigenvalue weighted by Crippen LogP contribution is 2.18. The van der Waals surface area contributed by atoms with Crippen LogP contribution in [0.1, 0.15) is 35.7 Å². The van der Waals surface area contributed by atoms with Crippen LogP contribution in [0.5, 0.6) is 0 Å². The van der Waals surface area contributed by atoms with Gasteiger partial charge in [0.25, 0.3) is 5.91 Å². The number of nitrogens with one attached hydrogen (secondary N) is 3. The molecular formula is C16H17F2N5O2. The van der Waals surface area contributed by atoms with Crippen LogP contribution in [0.25, 0.3) is 0 Å². The van der Waals surface area contributed by atoms with E-state index < -0.39 is 23.8 Å². The third kappa shape index (κ3) is 3.66. The molecule has 1 aromatic carbocycles. The lowest BCUT2D eigenvalue weighted by atomic mass is 10.2. The quantitative estimate of drug-likeness (QED) is 0.787. The zero-order valence-corrected chi connectivity index (χ0v) is 13.6. The Morgan fingerprint density at radius 2 is 2.08 bits per heavy atom. The molecule has 9 heteroatoms. The minimum absolute atomic E-state index is 0.0293. The number of aryl methyl sites for hydroxylation is 1. The molecule has 1 fully saturated rings. The smallest absolute Gasteiger partial charge is 0.256 e. The number of carbonyl (C=O) groups is 2. The van der Waals surface area contributed by atoms with E-state index in [9.17, 15) is 18.4 Å². The van der Waals surface area contributed by atoms with Gasteiger partial charge in [-0.05, 0) is 32.0 Å². The van der Waals surface area contributed by atoms with Crippen molar-refractivity contribution in [2.45, 2.75) is 32.6 Å². The van der Waals surface area contributed by atoms with Crippen molar-refractivity contribution in [2.75, 3.05) is 5.32 Å². The summed E-state index contributed by atoms with van der Waals surface area (Å²) < 4.78 is 27.7. The summed E-state index contributed by atoms with van der Waals surface area (Å²) in [6, 6.07) is 4.45. The van der Waals surface area contributed by atoms with Crippen molar-refractivity contribution in [1.82, 2.24) is 20.4 Å². The van der Waals surface area contributed by atoms with Gasteiger partial charge in [0.2, 0.25) is 5.91 Å². The Morgan fingerprint density at radius 1 is 1.32 bits per heavy atom. The van der Waals surface area contributed by atoms with Crippen LogP contribution in [0.4, 0.5) is 14.6 Å². The van der Waals surface area contributed by atoms with Gasteiger partial charge in [-0.25, -0.2) is 13.5 Å². The van der Waals surface area contributed by atoms with Crippen molar-refractivity contribution >= 4 is 17.6 Å². The van der Waals surface area contributed by atoms with Crippen LogP contribution in [0.3, 0.4) is 0 Å². The molecule has 0 bridgehead atoms. The van der Waals surface area contributed by atoms with Gasteiger partial charge in [-0.15, -0.1) is 0 Å². The van der Waals surface area contributed by atoms with Crippen molar-refractivity contribution in [3.05, 3.63) is 47.2 Å². The van der Waals surface area contributed by atoms with Crippen LogP contribution < -0.4 is 16.0 Å². The first kappa shape index (κ1) is 17.0. The minimum atomic E-state index is -1.10. The second-order valence-corrected chi connectivity index (χ2v) is 5.94. The van der Waals surface area contributed by atoms with E-state index in [1.54, 1.807) is 13.0 Å². The predicted octanol–water partition coefficient (Wildman–Crippen LogP) is 1.68. The van der Waals surface area contributed by atoms with E-state index >= 15 is 0 Å². The fourth-order valence-corrected chi connectivity index (χ4v) is 2.62. The molecule has 2 amide bonds. The number of halogens is 2. The Kier molecular flexibility index (Phi) is 4.49. The standard InChI is InChI=1S/C16H17F2N5O2/c1-8-6-14(24)21-16(19-8)23-13(5-9(2)22-23)20-15(25)10-3-4-11(17)12(18)7-10/h3-5,7-8,16,19H,6H2,1-2H3,(H,20,25)(H,21,24). The summed E-state index contributed by atoms with van der Waals surface area (Å²) in [5.41, 5.74) is 0.591. The highest BCUT2D eigenvalue weighted by molar-refractivity contribution is 6.03. The molecule has 2 atom stereocenters. The fraction of sp³-hybridized carbons (Fsp3) is 0.312. The lowest BCUT2D eigenvalue weighted by Gasteiger charge is -2.30. The molecule has 1 aromatic heterocycles. The van der Waals surface area contributed by atoms with E-state index in [4.69, 9.17) is 0 Å². The van der Waals surface area contributed by atoms with E-state index in [0.717, 1.165) is 12.1 Å². The second kappa shape index (κ2) is 6.60. The molecule has 7 nitrogen and oxygen atoms in total. The monoisotopic (exact) mass is 349 g/mol. The molecule has 0 aliphatic carbocycles. The molecule has 3 N–H and O–H groups in total. The Hall–Kier alpha value is -2.81. The normalized spacial score (nSPS) is 20.2. The third-order valence-electron chi connectivity index (χ3n) is 3.76. The van der Waals surface area contributed by atoms with Crippen LogP contribution in [0.2, 0.25) is 0 Å². The zero-order valence-electron chi connectivity index (χ0n) is 13.6. The molecule has 3 rings (SSSR count). The summed E-state index contributed by atoms with van der Waals surface area (Å²) >= 11 is 0. The van der Waals surface area contributed by atoms with Crippen molar-refractivity contribution < 1.29 is 18.4 Å². The van der Waals surface area contributed by atoms with Gasteiger partial charge < -0.3 is 10.6 Å². The number of carbonyl (C=O) groups excluding carboxylic acids is 2. The first-order valence-electron chi connectivity index (χ1n) is 7.71. The number of hydrogen-bond acceptors (Lipinski definition) is 4. The summed E-state index contributed by atoms with van der Waals surface area (Å²) in [6.45, 7) is 3.60. The molecular weight excluding hydrogens is 332 g/mol. The van der Waals surface area contributed by atoms with Gasteiger partial charge in [-0.3, -0.25) is 14.9 Å². The number of rotatable bonds is 3. The first-order chi connectivity index (χ1) is 11.8. The Balaban J connectivity index is 1.84. The molecule has 2 unspecified atom stereocenters. The predicted molar refractivity (Wildman–Crippen MR) is 85.7 cm³/mol. The number of benzene rings is 1. The molecule has 0 spiro atoms. The molecule has 1 aliphatic heterocycles. The minimum Gasteiger partial charge on any atom is -0.322 e. The van der Waals surface area contributed by atoms with Crippen LogP contribution in [-0.2, 0) is 4.79 Å². The molecule has 2 heterocycles. The number of amides is 2. The molecule has 0 radical (unpaired) electrons. The summed E-state index contributed by atoms with van der Waals surface area (Å²) in [5, 5.41) is 12.8. The first-order valence-corrected chi connectivity index (χ1v) is 7.71. The van der Waals surface area contributed by atoms with Gasteiger partial charge in [0, 0.05) is 24.1 Å². The maximum absolute atomic E-state index is 13.3. The molecule has 1 aliphatic rings.